The van der Waals surface area contributed by atoms with Gasteiger partial charge in [0, 0.05) is 18.0 Å². The Morgan fingerprint density at radius 1 is 1.11 bits per heavy atom. The standard InChI is InChI=1S/C20H14ClFN4O/c21-16-8-10-24-17(20(16)23)6-3-14-7-9-25-18(11-14)26-19(27)12-13-1-4-15(22)5-2-13/h1-2,4-5,7-11H,12,23H2,(H,25,26,27). The van der Waals surface area contributed by atoms with E-state index in [2.05, 4.69) is 27.1 Å². The minimum absolute atomic E-state index is 0.112. The summed E-state index contributed by atoms with van der Waals surface area (Å²) in [7, 11) is 0. The van der Waals surface area contributed by atoms with Gasteiger partial charge >= 0.3 is 0 Å². The minimum Gasteiger partial charge on any atom is -0.395 e. The van der Waals surface area contributed by atoms with Gasteiger partial charge in [-0.25, -0.2) is 14.4 Å². The molecule has 0 bridgehead atoms. The summed E-state index contributed by atoms with van der Waals surface area (Å²) in [4.78, 5) is 20.3. The molecule has 3 aromatic rings. The molecule has 0 atom stereocenters. The molecule has 0 unspecified atom stereocenters. The fraction of sp³-hybridized carbons (Fsp3) is 0.0500. The number of rotatable bonds is 3. The van der Waals surface area contributed by atoms with Gasteiger partial charge in [-0.15, -0.1) is 0 Å². The Balaban J connectivity index is 1.70. The van der Waals surface area contributed by atoms with E-state index in [1.165, 1.54) is 24.5 Å². The first kappa shape index (κ1) is 18.4. The molecule has 0 aliphatic carbocycles. The van der Waals surface area contributed by atoms with Gasteiger partial charge in [0.15, 0.2) is 0 Å². The van der Waals surface area contributed by atoms with Gasteiger partial charge in [0.1, 0.15) is 17.3 Å². The first-order valence-corrected chi connectivity index (χ1v) is 8.31. The monoisotopic (exact) mass is 380 g/mol. The summed E-state index contributed by atoms with van der Waals surface area (Å²) in [6, 6.07) is 10.7. The van der Waals surface area contributed by atoms with Crippen LogP contribution in [0.2, 0.25) is 5.02 Å². The van der Waals surface area contributed by atoms with Crippen LogP contribution in [0.25, 0.3) is 0 Å². The van der Waals surface area contributed by atoms with Crippen LogP contribution in [0.3, 0.4) is 0 Å². The zero-order valence-electron chi connectivity index (χ0n) is 14.0. The number of aromatic nitrogens is 2. The SMILES string of the molecule is Nc1c(Cl)ccnc1C#Cc1ccnc(NC(=O)Cc2ccc(F)cc2)c1. The molecule has 0 aliphatic heterocycles. The Morgan fingerprint density at radius 3 is 2.63 bits per heavy atom. The van der Waals surface area contributed by atoms with Crippen LogP contribution in [0.15, 0.2) is 54.9 Å². The van der Waals surface area contributed by atoms with Crippen molar-refractivity contribution in [1.82, 2.24) is 9.97 Å². The van der Waals surface area contributed by atoms with Gasteiger partial charge in [0.05, 0.1) is 17.1 Å². The van der Waals surface area contributed by atoms with Gasteiger partial charge in [-0.3, -0.25) is 4.79 Å². The van der Waals surface area contributed by atoms with E-state index >= 15 is 0 Å². The van der Waals surface area contributed by atoms with E-state index < -0.39 is 0 Å². The molecule has 0 saturated heterocycles. The van der Waals surface area contributed by atoms with Crippen molar-refractivity contribution in [1.29, 1.82) is 0 Å². The molecule has 0 spiro atoms. The Bertz CT molecular complexity index is 1040. The average Bonchev–Trinajstić information content (AvgIpc) is 2.65. The number of benzene rings is 1. The molecule has 5 nitrogen and oxygen atoms in total. The largest absolute Gasteiger partial charge is 0.395 e. The topological polar surface area (TPSA) is 80.9 Å². The molecule has 0 saturated carbocycles. The van der Waals surface area contributed by atoms with Crippen molar-refractivity contribution in [2.45, 2.75) is 6.42 Å². The quantitative estimate of drug-likeness (QED) is 0.682. The number of nitrogens with zero attached hydrogens (tertiary/aromatic N) is 2. The first-order chi connectivity index (χ1) is 13.0. The van der Waals surface area contributed by atoms with Crippen LogP contribution >= 0.6 is 11.6 Å². The highest BCUT2D eigenvalue weighted by atomic mass is 35.5. The highest BCUT2D eigenvalue weighted by Crippen LogP contribution is 2.19. The second kappa shape index (κ2) is 8.30. The number of nitrogens with one attached hydrogen (secondary N) is 1. The van der Waals surface area contributed by atoms with Crippen LogP contribution in [0.4, 0.5) is 15.9 Å². The predicted octanol–water partition coefficient (Wildman–Crippen LogP) is 3.43. The lowest BCUT2D eigenvalue weighted by atomic mass is 10.1. The lowest BCUT2D eigenvalue weighted by Gasteiger charge is -2.05. The lowest BCUT2D eigenvalue weighted by molar-refractivity contribution is -0.115. The Hall–Kier alpha value is -3.43. The summed E-state index contributed by atoms with van der Waals surface area (Å²) in [6.45, 7) is 0. The van der Waals surface area contributed by atoms with E-state index in [-0.39, 0.29) is 18.1 Å². The summed E-state index contributed by atoms with van der Waals surface area (Å²) in [6.07, 6.45) is 3.17. The molecule has 27 heavy (non-hydrogen) atoms. The Morgan fingerprint density at radius 2 is 1.85 bits per heavy atom. The maximum atomic E-state index is 12.9. The van der Waals surface area contributed by atoms with Gasteiger partial charge in [-0.1, -0.05) is 29.7 Å². The number of hydrogen-bond acceptors (Lipinski definition) is 4. The number of hydrogen-bond donors (Lipinski definition) is 2. The molecule has 3 rings (SSSR count). The van der Waals surface area contributed by atoms with Crippen LogP contribution in [0, 0.1) is 17.7 Å². The number of carbonyl (C=O) groups is 1. The normalized spacial score (nSPS) is 10.0. The maximum absolute atomic E-state index is 12.9. The molecule has 7 heteroatoms. The van der Waals surface area contributed by atoms with E-state index in [9.17, 15) is 9.18 Å². The van der Waals surface area contributed by atoms with Crippen LogP contribution in [0.5, 0.6) is 0 Å². The van der Waals surface area contributed by atoms with Crippen molar-refractivity contribution in [3.8, 4) is 11.8 Å². The Kier molecular flexibility index (Phi) is 5.64. The zero-order valence-corrected chi connectivity index (χ0v) is 14.8. The highest BCUT2D eigenvalue weighted by molar-refractivity contribution is 6.33. The third-order valence-corrected chi connectivity index (χ3v) is 3.90. The number of pyridine rings is 2. The molecular formula is C20H14ClFN4O. The number of nitrogens with two attached hydrogens (primary N) is 1. The van der Waals surface area contributed by atoms with Crippen LogP contribution < -0.4 is 11.1 Å². The number of amides is 1. The van der Waals surface area contributed by atoms with E-state index in [1.807, 2.05) is 0 Å². The summed E-state index contributed by atoms with van der Waals surface area (Å²) in [5.41, 5.74) is 7.85. The lowest BCUT2D eigenvalue weighted by Crippen LogP contribution is -2.15. The van der Waals surface area contributed by atoms with Crippen LogP contribution in [0.1, 0.15) is 16.8 Å². The third kappa shape index (κ3) is 5.03. The van der Waals surface area contributed by atoms with Crippen molar-refractivity contribution in [2.75, 3.05) is 11.1 Å². The van der Waals surface area contributed by atoms with Crippen molar-refractivity contribution in [3.63, 3.8) is 0 Å². The molecule has 0 aliphatic rings. The molecule has 1 aromatic carbocycles. The predicted molar refractivity (Wildman–Crippen MR) is 103 cm³/mol. The van der Waals surface area contributed by atoms with Gasteiger partial charge in [0.25, 0.3) is 0 Å². The van der Waals surface area contributed by atoms with E-state index in [4.69, 9.17) is 17.3 Å². The second-order valence-electron chi connectivity index (χ2n) is 5.59. The van der Waals surface area contributed by atoms with Gasteiger partial charge in [-0.2, -0.15) is 0 Å². The van der Waals surface area contributed by atoms with Gasteiger partial charge in [-0.05, 0) is 41.8 Å². The summed E-state index contributed by atoms with van der Waals surface area (Å²) in [5, 5.41) is 3.08. The molecule has 2 heterocycles. The molecule has 2 aromatic heterocycles. The number of halogens is 2. The number of nitrogen functional groups attached to an aromatic ring is 1. The fourth-order valence-corrected chi connectivity index (χ4v) is 2.38. The minimum atomic E-state index is -0.345. The van der Waals surface area contributed by atoms with Crippen molar-refractivity contribution < 1.29 is 9.18 Å². The molecule has 134 valence electrons. The summed E-state index contributed by atoms with van der Waals surface area (Å²) < 4.78 is 12.9. The van der Waals surface area contributed by atoms with Crippen LogP contribution in [-0.2, 0) is 11.2 Å². The Labute approximate surface area is 160 Å². The fourth-order valence-electron chi connectivity index (χ4n) is 2.23. The summed E-state index contributed by atoms with van der Waals surface area (Å²) >= 11 is 5.94. The number of carbonyl (C=O) groups excluding carboxylic acids is 1. The van der Waals surface area contributed by atoms with E-state index in [1.54, 1.807) is 30.3 Å². The molecule has 3 N–H and O–H groups in total. The van der Waals surface area contributed by atoms with Crippen molar-refractivity contribution in [2.24, 2.45) is 0 Å². The molecule has 0 fully saturated rings. The van der Waals surface area contributed by atoms with Crippen molar-refractivity contribution >= 4 is 29.0 Å². The smallest absolute Gasteiger partial charge is 0.229 e. The van der Waals surface area contributed by atoms with E-state index in [0.717, 1.165) is 0 Å². The zero-order chi connectivity index (χ0) is 19.2. The maximum Gasteiger partial charge on any atom is 0.229 e. The first-order valence-electron chi connectivity index (χ1n) is 7.93. The van der Waals surface area contributed by atoms with Crippen LogP contribution in [-0.4, -0.2) is 15.9 Å². The van der Waals surface area contributed by atoms with Gasteiger partial charge in [0.2, 0.25) is 5.91 Å². The molecule has 1 amide bonds. The molecular weight excluding hydrogens is 367 g/mol. The second-order valence-corrected chi connectivity index (χ2v) is 5.99. The third-order valence-electron chi connectivity index (χ3n) is 3.57. The summed E-state index contributed by atoms with van der Waals surface area (Å²) in [5.74, 6) is 5.52. The van der Waals surface area contributed by atoms with Crippen molar-refractivity contribution in [3.05, 3.63) is 82.5 Å². The van der Waals surface area contributed by atoms with E-state index in [0.29, 0.717) is 33.3 Å². The van der Waals surface area contributed by atoms with Gasteiger partial charge < -0.3 is 11.1 Å². The average molecular weight is 381 g/mol. The highest BCUT2D eigenvalue weighted by Gasteiger charge is 2.06. The number of anilines is 2. The molecule has 0 radical (unpaired) electrons.